The van der Waals surface area contributed by atoms with Crippen molar-refractivity contribution in [3.8, 4) is 11.1 Å². The second-order valence-electron chi connectivity index (χ2n) is 5.29. The molecule has 0 saturated carbocycles. The van der Waals surface area contributed by atoms with Crippen molar-refractivity contribution >= 4 is 0 Å². The third-order valence-corrected chi connectivity index (χ3v) is 3.84. The van der Waals surface area contributed by atoms with Crippen LogP contribution in [0, 0.1) is 0 Å². The molecule has 0 radical (unpaired) electrons. The number of aromatic nitrogens is 2. The number of hydrogen-bond acceptors (Lipinski definition) is 2. The number of nitrogens with one attached hydrogen (secondary N) is 1. The summed E-state index contributed by atoms with van der Waals surface area (Å²) in [6, 6.07) is 11.2. The Bertz CT molecular complexity index is 498. The van der Waals surface area contributed by atoms with Gasteiger partial charge in [0.15, 0.2) is 0 Å². The minimum atomic E-state index is 0.740. The molecule has 100 valence electrons. The van der Waals surface area contributed by atoms with Gasteiger partial charge in [-0.2, -0.15) is 5.10 Å². The van der Waals surface area contributed by atoms with E-state index in [2.05, 4.69) is 45.6 Å². The molecule has 1 aromatic heterocycles. The van der Waals surface area contributed by atoms with E-state index >= 15 is 0 Å². The minimum Gasteiger partial charge on any atom is -0.314 e. The summed E-state index contributed by atoms with van der Waals surface area (Å²) >= 11 is 0. The Kier molecular flexibility index (Phi) is 3.94. The fourth-order valence-corrected chi connectivity index (χ4v) is 2.77. The van der Waals surface area contributed by atoms with Crippen LogP contribution in [0.1, 0.15) is 25.7 Å². The van der Waals surface area contributed by atoms with Crippen LogP contribution in [0.15, 0.2) is 42.7 Å². The standard InChI is InChI=1S/C16H21N3/c1-2-6-14(7-3-1)15-12-18-19(13-15)11-5-9-16-8-4-10-17-16/h1-3,6-7,12-13,16-17H,4-5,8-11H2. The molecule has 1 aromatic carbocycles. The summed E-state index contributed by atoms with van der Waals surface area (Å²) in [7, 11) is 0. The number of aryl methyl sites for hydroxylation is 1. The molecule has 1 unspecified atom stereocenters. The Hall–Kier alpha value is -1.61. The summed E-state index contributed by atoms with van der Waals surface area (Å²) in [5.41, 5.74) is 2.45. The molecule has 2 heterocycles. The second-order valence-corrected chi connectivity index (χ2v) is 5.29. The van der Waals surface area contributed by atoms with Crippen LogP contribution in [0.25, 0.3) is 11.1 Å². The predicted octanol–water partition coefficient (Wildman–Crippen LogP) is 3.08. The fourth-order valence-electron chi connectivity index (χ4n) is 2.77. The average molecular weight is 255 g/mol. The number of nitrogens with zero attached hydrogens (tertiary/aromatic N) is 2. The number of hydrogen-bond donors (Lipinski definition) is 1. The van der Waals surface area contributed by atoms with Gasteiger partial charge >= 0.3 is 0 Å². The van der Waals surface area contributed by atoms with Crippen LogP contribution in [0.3, 0.4) is 0 Å². The van der Waals surface area contributed by atoms with Crippen molar-refractivity contribution in [3.63, 3.8) is 0 Å². The van der Waals surface area contributed by atoms with Crippen LogP contribution in [-0.2, 0) is 6.54 Å². The maximum Gasteiger partial charge on any atom is 0.0568 e. The van der Waals surface area contributed by atoms with Crippen molar-refractivity contribution in [2.24, 2.45) is 0 Å². The van der Waals surface area contributed by atoms with E-state index in [1.807, 2.05) is 12.3 Å². The van der Waals surface area contributed by atoms with Crippen LogP contribution in [0.4, 0.5) is 0 Å². The third-order valence-electron chi connectivity index (χ3n) is 3.84. The molecule has 1 atom stereocenters. The lowest BCUT2D eigenvalue weighted by molar-refractivity contribution is 0.484. The topological polar surface area (TPSA) is 29.9 Å². The molecule has 0 bridgehead atoms. The van der Waals surface area contributed by atoms with Crippen LogP contribution < -0.4 is 5.32 Å². The molecule has 2 aromatic rings. The summed E-state index contributed by atoms with van der Waals surface area (Å²) in [5, 5.41) is 8.00. The fraction of sp³-hybridized carbons (Fsp3) is 0.438. The maximum atomic E-state index is 4.45. The Balaban J connectivity index is 1.53. The molecule has 19 heavy (non-hydrogen) atoms. The number of rotatable bonds is 5. The first-order valence-corrected chi connectivity index (χ1v) is 7.23. The number of benzene rings is 1. The van der Waals surface area contributed by atoms with E-state index in [9.17, 15) is 0 Å². The van der Waals surface area contributed by atoms with Gasteiger partial charge < -0.3 is 5.32 Å². The van der Waals surface area contributed by atoms with Crippen molar-refractivity contribution in [1.29, 1.82) is 0 Å². The summed E-state index contributed by atoms with van der Waals surface area (Å²) in [6.45, 7) is 2.22. The van der Waals surface area contributed by atoms with Gasteiger partial charge in [0.25, 0.3) is 0 Å². The first kappa shape index (κ1) is 12.4. The van der Waals surface area contributed by atoms with Crippen LogP contribution in [-0.4, -0.2) is 22.4 Å². The van der Waals surface area contributed by atoms with E-state index in [-0.39, 0.29) is 0 Å². The first-order valence-electron chi connectivity index (χ1n) is 7.23. The van der Waals surface area contributed by atoms with Crippen molar-refractivity contribution in [2.75, 3.05) is 6.54 Å². The SMILES string of the molecule is c1ccc(-c2cnn(CCCC3CCCN3)c2)cc1. The normalized spacial score (nSPS) is 18.8. The van der Waals surface area contributed by atoms with Gasteiger partial charge in [-0.3, -0.25) is 4.68 Å². The van der Waals surface area contributed by atoms with Gasteiger partial charge in [0.1, 0.15) is 0 Å². The molecule has 3 heteroatoms. The van der Waals surface area contributed by atoms with E-state index in [1.165, 1.54) is 43.4 Å². The highest BCUT2D eigenvalue weighted by molar-refractivity contribution is 5.61. The molecule has 0 aliphatic carbocycles. The lowest BCUT2D eigenvalue weighted by Crippen LogP contribution is -2.21. The Morgan fingerprint density at radius 3 is 2.89 bits per heavy atom. The van der Waals surface area contributed by atoms with Gasteiger partial charge in [0.05, 0.1) is 6.20 Å². The second kappa shape index (κ2) is 6.02. The van der Waals surface area contributed by atoms with Gasteiger partial charge in [0.2, 0.25) is 0 Å². The minimum absolute atomic E-state index is 0.740. The zero-order chi connectivity index (χ0) is 12.9. The van der Waals surface area contributed by atoms with E-state index < -0.39 is 0 Å². The molecular formula is C16H21N3. The van der Waals surface area contributed by atoms with Crippen molar-refractivity contribution in [1.82, 2.24) is 15.1 Å². The zero-order valence-corrected chi connectivity index (χ0v) is 11.3. The average Bonchev–Trinajstić information content (AvgIpc) is 3.11. The highest BCUT2D eigenvalue weighted by Gasteiger charge is 2.13. The maximum absolute atomic E-state index is 4.45. The lowest BCUT2D eigenvalue weighted by Gasteiger charge is -2.09. The van der Waals surface area contributed by atoms with Crippen LogP contribution in [0.5, 0.6) is 0 Å². The smallest absolute Gasteiger partial charge is 0.0568 e. The van der Waals surface area contributed by atoms with Gasteiger partial charge in [-0.15, -0.1) is 0 Å². The molecule has 1 saturated heterocycles. The molecule has 0 amide bonds. The molecule has 1 aliphatic rings. The van der Waals surface area contributed by atoms with Gasteiger partial charge in [-0.1, -0.05) is 30.3 Å². The van der Waals surface area contributed by atoms with Gasteiger partial charge in [0, 0.05) is 24.3 Å². The van der Waals surface area contributed by atoms with Crippen molar-refractivity contribution in [2.45, 2.75) is 38.3 Å². The van der Waals surface area contributed by atoms with Gasteiger partial charge in [-0.25, -0.2) is 0 Å². The van der Waals surface area contributed by atoms with E-state index in [1.54, 1.807) is 0 Å². The van der Waals surface area contributed by atoms with E-state index in [0.29, 0.717) is 0 Å². The quantitative estimate of drug-likeness (QED) is 0.889. The first-order chi connectivity index (χ1) is 9.42. The third kappa shape index (κ3) is 3.24. The van der Waals surface area contributed by atoms with E-state index in [4.69, 9.17) is 0 Å². The largest absolute Gasteiger partial charge is 0.314 e. The Labute approximate surface area is 114 Å². The summed E-state index contributed by atoms with van der Waals surface area (Å²) in [4.78, 5) is 0. The molecule has 0 spiro atoms. The molecule has 1 N–H and O–H groups in total. The highest BCUT2D eigenvalue weighted by Crippen LogP contribution is 2.18. The van der Waals surface area contributed by atoms with Crippen molar-refractivity contribution < 1.29 is 0 Å². The Morgan fingerprint density at radius 2 is 2.11 bits per heavy atom. The highest BCUT2D eigenvalue weighted by atomic mass is 15.3. The molecular weight excluding hydrogens is 234 g/mol. The lowest BCUT2D eigenvalue weighted by atomic mass is 10.1. The zero-order valence-electron chi connectivity index (χ0n) is 11.3. The van der Waals surface area contributed by atoms with Crippen LogP contribution in [0.2, 0.25) is 0 Å². The molecule has 1 fully saturated rings. The van der Waals surface area contributed by atoms with Crippen molar-refractivity contribution in [3.05, 3.63) is 42.7 Å². The molecule has 1 aliphatic heterocycles. The van der Waals surface area contributed by atoms with Gasteiger partial charge in [-0.05, 0) is 37.8 Å². The predicted molar refractivity (Wildman–Crippen MR) is 77.9 cm³/mol. The summed E-state index contributed by atoms with van der Waals surface area (Å²) in [6.07, 6.45) is 9.26. The molecule has 3 rings (SSSR count). The summed E-state index contributed by atoms with van der Waals surface area (Å²) in [5.74, 6) is 0. The van der Waals surface area contributed by atoms with E-state index in [0.717, 1.165) is 12.6 Å². The van der Waals surface area contributed by atoms with Crippen LogP contribution >= 0.6 is 0 Å². The Morgan fingerprint density at radius 1 is 1.21 bits per heavy atom. The monoisotopic (exact) mass is 255 g/mol. The molecule has 3 nitrogen and oxygen atoms in total. The summed E-state index contributed by atoms with van der Waals surface area (Å²) < 4.78 is 2.07.